The van der Waals surface area contributed by atoms with Crippen LogP contribution in [0.4, 0.5) is 0 Å². The molecule has 2 bridgehead atoms. The minimum Gasteiger partial charge on any atom is -0.487 e. The van der Waals surface area contributed by atoms with E-state index in [1.165, 1.54) is 16.8 Å². The predicted molar refractivity (Wildman–Crippen MR) is 141 cm³/mol. The summed E-state index contributed by atoms with van der Waals surface area (Å²) in [5, 5.41) is 0. The summed E-state index contributed by atoms with van der Waals surface area (Å²) in [6.45, 7) is 6.96. The molecular weight excluding hydrogens is 488 g/mol. The first-order valence-electron chi connectivity index (χ1n) is 13.1. The molecule has 4 aliphatic rings. The van der Waals surface area contributed by atoms with E-state index in [1.807, 2.05) is 48.5 Å². The predicted octanol–water partition coefficient (Wildman–Crippen LogP) is 3.43. The zero-order valence-electron chi connectivity index (χ0n) is 21.4. The van der Waals surface area contributed by atoms with Crippen molar-refractivity contribution in [2.45, 2.75) is 67.6 Å². The highest BCUT2D eigenvalue weighted by atomic mass is 32.2. The number of likely N-dealkylation sites (tertiary alicyclic amines) is 1. The first kappa shape index (κ1) is 24.6. The van der Waals surface area contributed by atoms with E-state index in [2.05, 4.69) is 17.5 Å². The smallest absolute Gasteiger partial charge is 0.303 e. The van der Waals surface area contributed by atoms with Gasteiger partial charge in [0.2, 0.25) is 10.0 Å². The van der Waals surface area contributed by atoms with Gasteiger partial charge in [-0.25, -0.2) is 8.42 Å². The third kappa shape index (κ3) is 3.45. The van der Waals surface area contributed by atoms with E-state index in [1.54, 1.807) is 7.05 Å². The molecule has 2 aromatic rings. The molecule has 0 radical (unpaired) electrons. The zero-order valence-corrected chi connectivity index (χ0v) is 22.2. The van der Waals surface area contributed by atoms with Crippen LogP contribution in [0.15, 0.2) is 61.2 Å². The van der Waals surface area contributed by atoms with E-state index in [9.17, 15) is 13.2 Å². The number of esters is 1. The lowest BCUT2D eigenvalue weighted by atomic mass is 9.48. The highest BCUT2D eigenvalue weighted by Crippen LogP contribution is 2.65. The Labute approximate surface area is 219 Å². The molecule has 7 nitrogen and oxygen atoms in total. The van der Waals surface area contributed by atoms with Crippen molar-refractivity contribution in [2.75, 3.05) is 20.1 Å². The van der Waals surface area contributed by atoms with Gasteiger partial charge in [0.25, 0.3) is 0 Å². The first-order valence-corrected chi connectivity index (χ1v) is 14.7. The topological polar surface area (TPSA) is 76.2 Å². The average Bonchev–Trinajstić information content (AvgIpc) is 3.20. The van der Waals surface area contributed by atoms with E-state index < -0.39 is 27.1 Å². The van der Waals surface area contributed by atoms with Gasteiger partial charge in [-0.15, -0.1) is 6.58 Å². The number of benzene rings is 2. The Bertz CT molecular complexity index is 1350. The molecule has 1 spiro atoms. The van der Waals surface area contributed by atoms with Crippen molar-refractivity contribution in [2.24, 2.45) is 0 Å². The van der Waals surface area contributed by atoms with Crippen LogP contribution in [0.3, 0.4) is 0 Å². The molecule has 6 rings (SSSR count). The lowest BCUT2D eigenvalue weighted by Gasteiger charge is -2.65. The van der Waals surface area contributed by atoms with Gasteiger partial charge in [0.15, 0.2) is 0 Å². The largest absolute Gasteiger partial charge is 0.487 e. The molecule has 5 atom stereocenters. The van der Waals surface area contributed by atoms with E-state index in [4.69, 9.17) is 9.47 Å². The summed E-state index contributed by atoms with van der Waals surface area (Å²) in [7, 11) is -1.94. The highest BCUT2D eigenvalue weighted by Gasteiger charge is 2.75. The minimum atomic E-state index is -3.62. The van der Waals surface area contributed by atoms with Crippen molar-refractivity contribution >= 4 is 16.0 Å². The van der Waals surface area contributed by atoms with Crippen LogP contribution in [-0.4, -0.2) is 67.5 Å². The van der Waals surface area contributed by atoms with Crippen molar-refractivity contribution in [3.8, 4) is 5.75 Å². The fraction of sp³-hybridized carbons (Fsp3) is 0.483. The lowest BCUT2D eigenvalue weighted by Crippen LogP contribution is -2.79. The Hall–Kier alpha value is -2.68. The number of likely N-dealkylation sites (N-methyl/N-ethyl adjacent to an activating group) is 1. The first-order chi connectivity index (χ1) is 17.7. The Morgan fingerprint density at radius 3 is 2.73 bits per heavy atom. The van der Waals surface area contributed by atoms with Crippen LogP contribution < -0.4 is 4.74 Å². The van der Waals surface area contributed by atoms with Gasteiger partial charge in [0, 0.05) is 32.6 Å². The molecule has 2 aliphatic carbocycles. The molecule has 0 N–H and O–H groups in total. The van der Waals surface area contributed by atoms with E-state index >= 15 is 0 Å². The lowest BCUT2D eigenvalue weighted by molar-refractivity contribution is -0.220. The van der Waals surface area contributed by atoms with E-state index in [-0.39, 0.29) is 23.8 Å². The van der Waals surface area contributed by atoms with Gasteiger partial charge in [-0.2, -0.15) is 4.31 Å². The van der Waals surface area contributed by atoms with Crippen molar-refractivity contribution in [1.29, 1.82) is 0 Å². The summed E-state index contributed by atoms with van der Waals surface area (Å²) in [5.41, 5.74) is 1.69. The normalized spacial score (nSPS) is 31.9. The molecule has 0 aromatic heterocycles. The second kappa shape index (κ2) is 8.68. The summed E-state index contributed by atoms with van der Waals surface area (Å²) < 4.78 is 42.0. The molecular formula is C29H34N2O5S. The molecule has 196 valence electrons. The number of hydrogen-bond acceptors (Lipinski definition) is 6. The van der Waals surface area contributed by atoms with Gasteiger partial charge in [0.05, 0.1) is 23.3 Å². The van der Waals surface area contributed by atoms with Gasteiger partial charge in [0.1, 0.15) is 17.5 Å². The summed E-state index contributed by atoms with van der Waals surface area (Å²) in [5.74, 6) is 0.430. The SMILES string of the molecule is C=CCN1CC[C@]23c4c5cccc4OC2C(N(C)S(=O)(=O)Cc2ccccc2)CC[C@@]3(OC(C)=O)[C@H]1C5. The van der Waals surface area contributed by atoms with Crippen LogP contribution in [-0.2, 0) is 37.1 Å². The molecule has 0 amide bonds. The fourth-order valence-electron chi connectivity index (χ4n) is 7.86. The number of carbonyl (C=O) groups excluding carboxylic acids is 1. The Kier molecular flexibility index (Phi) is 5.78. The van der Waals surface area contributed by atoms with Gasteiger partial charge >= 0.3 is 5.97 Å². The van der Waals surface area contributed by atoms with E-state index in [0.29, 0.717) is 19.4 Å². The molecule has 2 aromatic carbocycles. The second-order valence-corrected chi connectivity index (χ2v) is 12.9. The van der Waals surface area contributed by atoms with Crippen LogP contribution in [0, 0.1) is 0 Å². The average molecular weight is 523 g/mol. The summed E-state index contributed by atoms with van der Waals surface area (Å²) in [4.78, 5) is 15.0. The number of rotatable bonds is 7. The Morgan fingerprint density at radius 2 is 2.00 bits per heavy atom. The number of sulfonamides is 1. The molecule has 2 aliphatic heterocycles. The maximum atomic E-state index is 13.7. The van der Waals surface area contributed by atoms with Crippen LogP contribution in [0.5, 0.6) is 5.75 Å². The van der Waals surface area contributed by atoms with Crippen LogP contribution in [0.2, 0.25) is 0 Å². The van der Waals surface area contributed by atoms with Crippen molar-refractivity contribution in [3.63, 3.8) is 0 Å². The molecule has 2 heterocycles. The van der Waals surface area contributed by atoms with Crippen molar-refractivity contribution in [1.82, 2.24) is 9.21 Å². The summed E-state index contributed by atoms with van der Waals surface area (Å²) in [6.07, 6.45) is 4.07. The van der Waals surface area contributed by atoms with Gasteiger partial charge in [-0.3, -0.25) is 9.69 Å². The molecule has 2 fully saturated rings. The monoisotopic (exact) mass is 522 g/mol. The molecule has 1 saturated heterocycles. The highest BCUT2D eigenvalue weighted by molar-refractivity contribution is 7.88. The van der Waals surface area contributed by atoms with E-state index in [0.717, 1.165) is 36.3 Å². The molecule has 8 heteroatoms. The zero-order chi connectivity index (χ0) is 26.0. The number of ether oxygens (including phenoxy) is 2. The van der Waals surface area contributed by atoms with Crippen LogP contribution >= 0.6 is 0 Å². The molecule has 1 saturated carbocycles. The second-order valence-electron chi connectivity index (χ2n) is 10.9. The molecule has 37 heavy (non-hydrogen) atoms. The maximum Gasteiger partial charge on any atom is 0.303 e. The van der Waals surface area contributed by atoms with Crippen molar-refractivity contribution in [3.05, 3.63) is 77.9 Å². The third-order valence-corrected chi connectivity index (χ3v) is 11.0. The van der Waals surface area contributed by atoms with Gasteiger partial charge in [-0.1, -0.05) is 48.5 Å². The molecule has 2 unspecified atom stereocenters. The van der Waals surface area contributed by atoms with Gasteiger partial charge < -0.3 is 9.47 Å². The fourth-order valence-corrected chi connectivity index (χ4v) is 9.30. The Balaban J connectivity index is 1.47. The standard InChI is InChI=1S/C29H34N2O5S/c1-4-16-31-17-15-28-26-22-11-8-12-24(26)35-27(28)23(13-14-29(28,25(31)18-22)36-20(2)32)30(3)37(33,34)19-21-9-6-5-7-10-21/h4-12,23,25,27H,1,13-19H2,2-3H3/t23?,25-,27?,28+,29-/m1/s1. The number of nitrogens with zero attached hydrogens (tertiary/aromatic N) is 2. The summed E-state index contributed by atoms with van der Waals surface area (Å²) >= 11 is 0. The maximum absolute atomic E-state index is 13.7. The van der Waals surface area contributed by atoms with Crippen LogP contribution in [0.25, 0.3) is 0 Å². The van der Waals surface area contributed by atoms with Crippen molar-refractivity contribution < 1.29 is 22.7 Å². The minimum absolute atomic E-state index is 0.0257. The quantitative estimate of drug-likeness (QED) is 0.410. The number of hydrogen-bond donors (Lipinski definition) is 0. The number of piperidine rings is 1. The third-order valence-electron chi connectivity index (χ3n) is 9.19. The van der Waals surface area contributed by atoms with Gasteiger partial charge in [-0.05, 0) is 42.9 Å². The number of carbonyl (C=O) groups is 1. The van der Waals surface area contributed by atoms with Crippen LogP contribution in [0.1, 0.15) is 42.9 Å². The Morgan fingerprint density at radius 1 is 1.22 bits per heavy atom. The summed E-state index contributed by atoms with van der Waals surface area (Å²) in [6, 6.07) is 15.0.